The van der Waals surface area contributed by atoms with Gasteiger partial charge in [0.05, 0.1) is 12.0 Å². The molecule has 0 radical (unpaired) electrons. The van der Waals surface area contributed by atoms with Gasteiger partial charge in [-0.3, -0.25) is 4.72 Å². The number of fused-ring (bicyclic) bond motifs is 1. The first-order valence-electron chi connectivity index (χ1n) is 7.23. The fourth-order valence-electron chi connectivity index (χ4n) is 2.49. The summed E-state index contributed by atoms with van der Waals surface area (Å²) >= 11 is 5.93. The molecule has 0 atom stereocenters. The molecule has 0 bridgehead atoms. The smallest absolute Gasteiger partial charge is 0.265 e. The van der Waals surface area contributed by atoms with E-state index < -0.39 is 10.0 Å². The largest absolute Gasteiger partial charge is 0.360 e. The summed E-state index contributed by atoms with van der Waals surface area (Å²) in [6.07, 6.45) is 4.06. The van der Waals surface area contributed by atoms with Crippen LogP contribution in [0.2, 0.25) is 5.02 Å². The Morgan fingerprint density at radius 2 is 2.17 bits per heavy atom. The fourth-order valence-corrected chi connectivity index (χ4v) is 3.91. The van der Waals surface area contributed by atoms with Gasteiger partial charge in [0.15, 0.2) is 5.82 Å². The number of benzene rings is 1. The van der Waals surface area contributed by atoms with E-state index >= 15 is 0 Å². The number of nitrogens with zero attached hydrogens (tertiary/aromatic N) is 2. The second-order valence-corrected chi connectivity index (χ2v) is 7.41. The number of H-pyrrole nitrogens is 1. The highest BCUT2D eigenvalue weighted by atomic mass is 35.5. The minimum Gasteiger partial charge on any atom is -0.360 e. The van der Waals surface area contributed by atoms with E-state index in [2.05, 4.69) is 21.6 Å². The van der Waals surface area contributed by atoms with Gasteiger partial charge in [0.2, 0.25) is 0 Å². The molecule has 122 valence electrons. The van der Waals surface area contributed by atoms with E-state index in [4.69, 9.17) is 11.6 Å². The highest BCUT2D eigenvalue weighted by Gasteiger charge is 2.21. The van der Waals surface area contributed by atoms with Gasteiger partial charge in [0.25, 0.3) is 10.0 Å². The summed E-state index contributed by atoms with van der Waals surface area (Å²) in [5.41, 5.74) is 1.46. The van der Waals surface area contributed by atoms with Gasteiger partial charge in [-0.1, -0.05) is 18.5 Å². The van der Waals surface area contributed by atoms with E-state index in [1.165, 1.54) is 6.20 Å². The topological polar surface area (TPSA) is 79.8 Å². The number of sulfonamides is 1. The van der Waals surface area contributed by atoms with Crippen molar-refractivity contribution in [2.75, 3.05) is 4.72 Å². The number of aromatic nitrogens is 3. The van der Waals surface area contributed by atoms with Crippen molar-refractivity contribution in [3.63, 3.8) is 0 Å². The van der Waals surface area contributed by atoms with E-state index in [0.717, 1.165) is 18.7 Å². The Kier molecular flexibility index (Phi) is 4.08. The van der Waals surface area contributed by atoms with Crippen molar-refractivity contribution in [1.29, 1.82) is 0 Å². The standard InChI is InChI=1S/C15H17ClN4O2S/c1-3-6-20-9-18-15(10(20)2)19-23(21,22)14-8-17-13-7-11(16)4-5-12(13)14/h4-5,7-9,17,19H,3,6H2,1-2H3. The summed E-state index contributed by atoms with van der Waals surface area (Å²) in [7, 11) is -3.73. The Morgan fingerprint density at radius 3 is 2.91 bits per heavy atom. The van der Waals surface area contributed by atoms with Gasteiger partial charge in [-0.25, -0.2) is 13.4 Å². The third kappa shape index (κ3) is 2.94. The molecule has 0 saturated carbocycles. The molecule has 0 saturated heterocycles. The average Bonchev–Trinajstić information content (AvgIpc) is 3.05. The van der Waals surface area contributed by atoms with Crippen molar-refractivity contribution in [3.05, 3.63) is 41.4 Å². The van der Waals surface area contributed by atoms with Crippen LogP contribution in [0.4, 0.5) is 5.82 Å². The first kappa shape index (κ1) is 15.9. The van der Waals surface area contributed by atoms with Crippen LogP contribution in [0, 0.1) is 6.92 Å². The number of hydrogen-bond donors (Lipinski definition) is 2. The van der Waals surface area contributed by atoms with E-state index in [0.29, 0.717) is 21.7 Å². The Balaban J connectivity index is 1.98. The molecule has 1 aromatic carbocycles. The zero-order valence-corrected chi connectivity index (χ0v) is 14.4. The van der Waals surface area contributed by atoms with Crippen molar-refractivity contribution < 1.29 is 8.42 Å². The minimum atomic E-state index is -3.73. The predicted octanol–water partition coefficient (Wildman–Crippen LogP) is 3.54. The Bertz CT molecular complexity index is 959. The Labute approximate surface area is 139 Å². The van der Waals surface area contributed by atoms with Crippen LogP contribution >= 0.6 is 11.6 Å². The van der Waals surface area contributed by atoms with Gasteiger partial charge < -0.3 is 9.55 Å². The van der Waals surface area contributed by atoms with Crippen LogP contribution in [0.15, 0.2) is 35.6 Å². The van der Waals surface area contributed by atoms with E-state index in [-0.39, 0.29) is 4.90 Å². The summed E-state index contributed by atoms with van der Waals surface area (Å²) in [5.74, 6) is 0.349. The molecule has 2 heterocycles. The first-order chi connectivity index (χ1) is 10.9. The molecule has 0 spiro atoms. The van der Waals surface area contributed by atoms with Crippen LogP contribution in [0.3, 0.4) is 0 Å². The molecular formula is C15H17ClN4O2S. The maximum Gasteiger partial charge on any atom is 0.265 e. The van der Waals surface area contributed by atoms with E-state index in [1.807, 2.05) is 11.5 Å². The van der Waals surface area contributed by atoms with Gasteiger partial charge in [0.1, 0.15) is 4.90 Å². The first-order valence-corrected chi connectivity index (χ1v) is 9.09. The molecular weight excluding hydrogens is 336 g/mol. The monoisotopic (exact) mass is 352 g/mol. The summed E-state index contributed by atoms with van der Waals surface area (Å²) in [5, 5.41) is 1.14. The zero-order chi connectivity index (χ0) is 16.6. The second-order valence-electron chi connectivity index (χ2n) is 5.32. The van der Waals surface area contributed by atoms with Crippen molar-refractivity contribution in [1.82, 2.24) is 14.5 Å². The molecule has 3 aromatic rings. The maximum absolute atomic E-state index is 12.7. The highest BCUT2D eigenvalue weighted by molar-refractivity contribution is 7.93. The lowest BCUT2D eigenvalue weighted by molar-refractivity contribution is 0.601. The molecule has 3 rings (SSSR count). The second kappa shape index (κ2) is 5.90. The van der Waals surface area contributed by atoms with Crippen molar-refractivity contribution in [3.8, 4) is 0 Å². The third-order valence-electron chi connectivity index (χ3n) is 3.69. The van der Waals surface area contributed by atoms with Gasteiger partial charge in [-0.15, -0.1) is 0 Å². The van der Waals surface area contributed by atoms with E-state index in [9.17, 15) is 8.42 Å². The van der Waals surface area contributed by atoms with Crippen molar-refractivity contribution in [2.45, 2.75) is 31.7 Å². The zero-order valence-electron chi connectivity index (χ0n) is 12.8. The summed E-state index contributed by atoms with van der Waals surface area (Å²) in [6.45, 7) is 4.70. The van der Waals surface area contributed by atoms with Gasteiger partial charge in [-0.05, 0) is 31.5 Å². The van der Waals surface area contributed by atoms with Crippen LogP contribution in [-0.2, 0) is 16.6 Å². The molecule has 2 N–H and O–H groups in total. The number of nitrogens with one attached hydrogen (secondary N) is 2. The van der Waals surface area contributed by atoms with Crippen LogP contribution in [0.1, 0.15) is 19.0 Å². The fraction of sp³-hybridized carbons (Fsp3) is 0.267. The molecule has 8 heteroatoms. The number of aromatic amines is 1. The molecule has 2 aromatic heterocycles. The average molecular weight is 353 g/mol. The minimum absolute atomic E-state index is 0.175. The molecule has 0 unspecified atom stereocenters. The molecule has 0 fully saturated rings. The Morgan fingerprint density at radius 1 is 1.39 bits per heavy atom. The quantitative estimate of drug-likeness (QED) is 0.737. The predicted molar refractivity (Wildman–Crippen MR) is 91.4 cm³/mol. The van der Waals surface area contributed by atoms with Gasteiger partial charge in [-0.2, -0.15) is 0 Å². The summed E-state index contributed by atoms with van der Waals surface area (Å²) in [4.78, 5) is 7.27. The van der Waals surface area contributed by atoms with Gasteiger partial charge in [0, 0.05) is 28.7 Å². The number of hydrogen-bond acceptors (Lipinski definition) is 3. The SMILES string of the molecule is CCCn1cnc(NS(=O)(=O)c2c[nH]c3cc(Cl)ccc23)c1C. The molecule has 0 aliphatic carbocycles. The number of aryl methyl sites for hydroxylation is 1. The summed E-state index contributed by atoms with van der Waals surface area (Å²) < 4.78 is 29.8. The number of halogens is 1. The van der Waals surface area contributed by atoms with E-state index in [1.54, 1.807) is 24.5 Å². The van der Waals surface area contributed by atoms with Crippen LogP contribution in [0.5, 0.6) is 0 Å². The molecule has 0 amide bonds. The normalized spacial score (nSPS) is 12.0. The van der Waals surface area contributed by atoms with Crippen LogP contribution in [-0.4, -0.2) is 23.0 Å². The lowest BCUT2D eigenvalue weighted by Gasteiger charge is -2.07. The molecule has 0 aliphatic heterocycles. The Hall–Kier alpha value is -1.99. The number of imidazole rings is 1. The van der Waals surface area contributed by atoms with Crippen molar-refractivity contribution in [2.24, 2.45) is 0 Å². The third-order valence-corrected chi connectivity index (χ3v) is 5.30. The summed E-state index contributed by atoms with van der Waals surface area (Å²) in [6, 6.07) is 5.04. The maximum atomic E-state index is 12.7. The number of anilines is 1. The number of rotatable bonds is 5. The molecule has 23 heavy (non-hydrogen) atoms. The lowest BCUT2D eigenvalue weighted by atomic mass is 10.2. The van der Waals surface area contributed by atoms with Crippen molar-refractivity contribution >= 4 is 38.3 Å². The molecule has 6 nitrogen and oxygen atoms in total. The molecule has 0 aliphatic rings. The van der Waals surface area contributed by atoms with Crippen LogP contribution < -0.4 is 4.72 Å². The van der Waals surface area contributed by atoms with Crippen LogP contribution in [0.25, 0.3) is 10.9 Å². The lowest BCUT2D eigenvalue weighted by Crippen LogP contribution is -2.14. The van der Waals surface area contributed by atoms with Gasteiger partial charge >= 0.3 is 0 Å². The highest BCUT2D eigenvalue weighted by Crippen LogP contribution is 2.27.